The zero-order chi connectivity index (χ0) is 13.5. The number of aliphatic carboxylic acids is 1. The fourth-order valence-electron chi connectivity index (χ4n) is 2.81. The van der Waals surface area contributed by atoms with Gasteiger partial charge in [-0.3, -0.25) is 4.79 Å². The first-order valence-electron chi connectivity index (χ1n) is 6.98. The maximum atomic E-state index is 11.3. The van der Waals surface area contributed by atoms with E-state index in [0.29, 0.717) is 0 Å². The predicted molar refractivity (Wildman–Crippen MR) is 72.3 cm³/mol. The highest BCUT2D eigenvalue weighted by Gasteiger charge is 2.51. The van der Waals surface area contributed by atoms with Crippen LogP contribution in [0.15, 0.2) is 24.3 Å². The molecule has 0 radical (unpaired) electrons. The molecule has 2 fully saturated rings. The Kier molecular flexibility index (Phi) is 2.90. The molecular weight excluding hydrogens is 240 g/mol. The highest BCUT2D eigenvalue weighted by atomic mass is 16.5. The molecule has 1 aromatic carbocycles. The van der Waals surface area contributed by atoms with Gasteiger partial charge >= 0.3 is 5.97 Å². The van der Waals surface area contributed by atoms with Crippen molar-refractivity contribution in [2.75, 3.05) is 7.11 Å². The Morgan fingerprint density at radius 1 is 1.21 bits per heavy atom. The number of methoxy groups -OCH3 is 1. The Morgan fingerprint density at radius 3 is 2.26 bits per heavy atom. The van der Waals surface area contributed by atoms with E-state index < -0.39 is 11.4 Å². The molecule has 2 aliphatic carbocycles. The first-order chi connectivity index (χ1) is 9.10. The molecule has 0 amide bonds. The molecule has 1 N–H and O–H groups in total. The van der Waals surface area contributed by atoms with Crippen LogP contribution in [0.5, 0.6) is 0 Å². The van der Waals surface area contributed by atoms with Gasteiger partial charge in [0.1, 0.15) is 0 Å². The summed E-state index contributed by atoms with van der Waals surface area (Å²) in [5.41, 5.74) is 1.78. The molecule has 2 saturated carbocycles. The Labute approximate surface area is 113 Å². The normalized spacial score (nSPS) is 21.9. The summed E-state index contributed by atoms with van der Waals surface area (Å²) in [4.78, 5) is 11.3. The van der Waals surface area contributed by atoms with Crippen molar-refractivity contribution in [3.63, 3.8) is 0 Å². The summed E-state index contributed by atoms with van der Waals surface area (Å²) in [6.07, 6.45) is 5.96. The molecule has 1 aromatic rings. The number of aryl methyl sites for hydroxylation is 1. The van der Waals surface area contributed by atoms with E-state index in [1.54, 1.807) is 7.11 Å². The summed E-state index contributed by atoms with van der Waals surface area (Å²) in [5, 5.41) is 9.26. The number of hydrogen-bond donors (Lipinski definition) is 1. The van der Waals surface area contributed by atoms with Crippen molar-refractivity contribution in [1.82, 2.24) is 0 Å². The molecule has 102 valence electrons. The smallest absolute Gasteiger partial charge is 0.314 e. The monoisotopic (exact) mass is 260 g/mol. The average molecular weight is 260 g/mol. The number of ether oxygens (including phenoxy) is 1. The van der Waals surface area contributed by atoms with Gasteiger partial charge in [-0.25, -0.2) is 0 Å². The fourth-order valence-corrected chi connectivity index (χ4v) is 2.81. The van der Waals surface area contributed by atoms with E-state index in [9.17, 15) is 9.90 Å². The molecule has 0 aromatic heterocycles. The lowest BCUT2D eigenvalue weighted by Crippen LogP contribution is -2.19. The van der Waals surface area contributed by atoms with Gasteiger partial charge in [0.25, 0.3) is 0 Å². The fraction of sp³-hybridized carbons (Fsp3) is 0.562. The molecule has 0 atom stereocenters. The number of carboxylic acids is 1. The van der Waals surface area contributed by atoms with Gasteiger partial charge in [0.2, 0.25) is 0 Å². The quantitative estimate of drug-likeness (QED) is 0.855. The second-order valence-electron chi connectivity index (χ2n) is 5.97. The van der Waals surface area contributed by atoms with Crippen LogP contribution < -0.4 is 0 Å². The maximum Gasteiger partial charge on any atom is 0.314 e. The molecule has 3 heteroatoms. The van der Waals surface area contributed by atoms with Crippen molar-refractivity contribution in [2.45, 2.75) is 49.5 Å². The van der Waals surface area contributed by atoms with Crippen LogP contribution in [-0.4, -0.2) is 23.8 Å². The third-order valence-corrected chi connectivity index (χ3v) is 4.78. The highest BCUT2D eigenvalue weighted by molar-refractivity contribution is 5.84. The standard InChI is InChI=1S/C16H20O3/c1-19-15(8-9-15)7-6-12-2-4-13(5-3-12)16(10-11-16)14(17)18/h2-5H,6-11H2,1H3,(H,17,18). The van der Waals surface area contributed by atoms with E-state index in [-0.39, 0.29) is 5.60 Å². The second-order valence-corrected chi connectivity index (χ2v) is 5.97. The predicted octanol–water partition coefficient (Wildman–Crippen LogP) is 2.91. The zero-order valence-electron chi connectivity index (χ0n) is 11.3. The molecule has 0 spiro atoms. The summed E-state index contributed by atoms with van der Waals surface area (Å²) >= 11 is 0. The topological polar surface area (TPSA) is 46.5 Å². The lowest BCUT2D eigenvalue weighted by Gasteiger charge is -2.14. The van der Waals surface area contributed by atoms with Gasteiger partial charge in [0.15, 0.2) is 0 Å². The van der Waals surface area contributed by atoms with Crippen LogP contribution in [0.2, 0.25) is 0 Å². The van der Waals surface area contributed by atoms with Gasteiger partial charge < -0.3 is 9.84 Å². The van der Waals surface area contributed by atoms with E-state index in [0.717, 1.165) is 31.2 Å². The Hall–Kier alpha value is -1.35. The van der Waals surface area contributed by atoms with Crippen LogP contribution in [-0.2, 0) is 21.4 Å². The van der Waals surface area contributed by atoms with Gasteiger partial charge in [-0.05, 0) is 49.7 Å². The minimum atomic E-state index is -0.684. The van der Waals surface area contributed by atoms with Crippen molar-refractivity contribution in [1.29, 1.82) is 0 Å². The van der Waals surface area contributed by atoms with Gasteiger partial charge in [0.05, 0.1) is 11.0 Å². The first-order valence-corrected chi connectivity index (χ1v) is 6.98. The SMILES string of the molecule is COC1(CCc2ccc(C3(C(=O)O)CC3)cc2)CC1. The van der Waals surface area contributed by atoms with Crippen LogP contribution >= 0.6 is 0 Å². The zero-order valence-corrected chi connectivity index (χ0v) is 11.3. The van der Waals surface area contributed by atoms with Gasteiger partial charge in [-0.15, -0.1) is 0 Å². The number of rotatable bonds is 6. The number of benzene rings is 1. The second kappa shape index (κ2) is 4.34. The molecule has 0 bridgehead atoms. The van der Waals surface area contributed by atoms with Crippen LogP contribution in [0.4, 0.5) is 0 Å². The van der Waals surface area contributed by atoms with E-state index in [4.69, 9.17) is 4.74 Å². The van der Waals surface area contributed by atoms with Crippen molar-refractivity contribution in [2.24, 2.45) is 0 Å². The average Bonchev–Trinajstić information content (AvgIpc) is 3.31. The lowest BCUT2D eigenvalue weighted by atomic mass is 9.94. The van der Waals surface area contributed by atoms with Crippen molar-refractivity contribution >= 4 is 5.97 Å². The molecule has 0 heterocycles. The Morgan fingerprint density at radius 2 is 1.84 bits per heavy atom. The summed E-state index contributed by atoms with van der Waals surface area (Å²) in [6.45, 7) is 0. The summed E-state index contributed by atoms with van der Waals surface area (Å²) < 4.78 is 5.51. The third kappa shape index (κ3) is 2.27. The highest BCUT2D eigenvalue weighted by Crippen LogP contribution is 2.48. The van der Waals surface area contributed by atoms with Gasteiger partial charge in [-0.2, -0.15) is 0 Å². The minimum absolute atomic E-state index is 0.136. The van der Waals surface area contributed by atoms with E-state index in [1.165, 1.54) is 18.4 Å². The molecule has 0 aliphatic heterocycles. The van der Waals surface area contributed by atoms with Crippen molar-refractivity contribution in [3.05, 3.63) is 35.4 Å². The number of hydrogen-bond acceptors (Lipinski definition) is 2. The molecule has 0 saturated heterocycles. The Bertz CT molecular complexity index is 481. The summed E-state index contributed by atoms with van der Waals surface area (Å²) in [7, 11) is 1.79. The number of carbonyl (C=O) groups is 1. The molecule has 2 aliphatic rings. The molecule has 3 nitrogen and oxygen atoms in total. The summed E-state index contributed by atoms with van der Waals surface area (Å²) in [5.74, 6) is -0.684. The van der Waals surface area contributed by atoms with Crippen molar-refractivity contribution < 1.29 is 14.6 Å². The lowest BCUT2D eigenvalue weighted by molar-refractivity contribution is -0.140. The number of carboxylic acid groups (broad SMARTS) is 1. The maximum absolute atomic E-state index is 11.3. The van der Waals surface area contributed by atoms with Crippen LogP contribution in [0, 0.1) is 0 Å². The molecular formula is C16H20O3. The molecule has 0 unspecified atom stereocenters. The van der Waals surface area contributed by atoms with E-state index >= 15 is 0 Å². The molecule has 3 rings (SSSR count). The largest absolute Gasteiger partial charge is 0.481 e. The van der Waals surface area contributed by atoms with Gasteiger partial charge in [0, 0.05) is 7.11 Å². The minimum Gasteiger partial charge on any atom is -0.481 e. The van der Waals surface area contributed by atoms with Crippen LogP contribution in [0.3, 0.4) is 0 Å². The first kappa shape index (κ1) is 12.7. The van der Waals surface area contributed by atoms with Crippen molar-refractivity contribution in [3.8, 4) is 0 Å². The van der Waals surface area contributed by atoms with E-state index in [2.05, 4.69) is 12.1 Å². The van der Waals surface area contributed by atoms with Gasteiger partial charge in [-0.1, -0.05) is 24.3 Å². The van der Waals surface area contributed by atoms with E-state index in [1.807, 2.05) is 12.1 Å². The third-order valence-electron chi connectivity index (χ3n) is 4.78. The molecule has 19 heavy (non-hydrogen) atoms. The van der Waals surface area contributed by atoms with Crippen LogP contribution in [0.25, 0.3) is 0 Å². The summed E-state index contributed by atoms with van der Waals surface area (Å²) in [6, 6.07) is 8.12. The Balaban J connectivity index is 1.65. The van der Waals surface area contributed by atoms with Crippen LogP contribution in [0.1, 0.15) is 43.2 Å².